The van der Waals surface area contributed by atoms with Gasteiger partial charge in [0.05, 0.1) is 22.8 Å². The molecule has 0 amide bonds. The highest BCUT2D eigenvalue weighted by atomic mass is 16.5. The van der Waals surface area contributed by atoms with Crippen molar-refractivity contribution >= 4 is 89.5 Å². The summed E-state index contributed by atoms with van der Waals surface area (Å²) in [6, 6.07) is 73.8. The lowest BCUT2D eigenvalue weighted by atomic mass is 9.85. The highest BCUT2D eigenvalue weighted by molar-refractivity contribution is 6.13. The van der Waals surface area contributed by atoms with E-state index in [0.717, 1.165) is 110 Å². The molecule has 12 nitrogen and oxygen atoms in total. The molecule has 574 valence electrons. The van der Waals surface area contributed by atoms with Gasteiger partial charge in [0, 0.05) is 111 Å². The van der Waals surface area contributed by atoms with Crippen LogP contribution in [-0.4, -0.2) is 40.4 Å². The number of H-pyrrole nitrogens is 2. The number of phenols is 4. The van der Waals surface area contributed by atoms with Gasteiger partial charge in [0.2, 0.25) is 0 Å². The number of aromatic amines is 2. The minimum Gasteiger partial charge on any atom is -0.507 e. The van der Waals surface area contributed by atoms with Crippen molar-refractivity contribution in [2.75, 3.05) is 0 Å². The van der Waals surface area contributed by atoms with Crippen molar-refractivity contribution < 1.29 is 39.4 Å². The van der Waals surface area contributed by atoms with Gasteiger partial charge in [-0.05, 0) is 208 Å². The molecule has 0 fully saturated rings. The standard InChI is InChI=1S/C104H90N4O8/c1-101(2,3)65-29-41-85-73(49-65)89-77-33-34-78(105-77)90(74-50-66(102(4,5)6)30-42-86(74)114-54-62-46-58-22-14-18-26-70(58)94(98(62)110)93-69-25-17-13-21-57(69)45-61(53-113-85)97(93)109)83-39-40-84(108-83)92-76-52-68(104(10,11)12)32-44-88(76)116-56-64-48-60-24-16-20-28-72(60)96(100(64)112)95-71-27-19-15-23-59(71)47-63(99(95)111)55-115-87-43-31-67(103(7,8)9)51-75(87)91(79-35-36-80(92)106-79)82-38-37-81(89)107-82/h13-52,107-112H,53-56H2,1-12H3. The fourth-order valence-electron chi connectivity index (χ4n) is 17.3. The van der Waals surface area contributed by atoms with Gasteiger partial charge in [-0.15, -0.1) is 0 Å². The third kappa shape index (κ3) is 12.5. The van der Waals surface area contributed by atoms with Crippen LogP contribution in [0.2, 0.25) is 0 Å². The Morgan fingerprint density at radius 1 is 0.259 bits per heavy atom. The Bertz CT molecular complexity index is 6120. The first-order chi connectivity index (χ1) is 55.7. The van der Waals surface area contributed by atoms with Crippen molar-refractivity contribution in [3.63, 3.8) is 0 Å². The first-order valence-electron chi connectivity index (χ1n) is 39.9. The first kappa shape index (κ1) is 72.9. The predicted molar refractivity (Wildman–Crippen MR) is 473 cm³/mol. The summed E-state index contributed by atoms with van der Waals surface area (Å²) in [5, 5.41) is 59.4. The molecule has 12 heteroatoms. The number of aromatic nitrogens is 4. The zero-order chi connectivity index (χ0) is 80.2. The summed E-state index contributed by atoms with van der Waals surface area (Å²) in [7, 11) is 0. The topological polar surface area (TPSA) is 175 Å². The monoisotopic (exact) mass is 1520 g/mol. The summed E-state index contributed by atoms with van der Waals surface area (Å²) < 4.78 is 29.4. The molecule has 20 bridgehead atoms. The lowest BCUT2D eigenvalue weighted by Gasteiger charge is -2.23. The first-order valence-corrected chi connectivity index (χ1v) is 39.9. The van der Waals surface area contributed by atoms with Gasteiger partial charge in [-0.25, -0.2) is 9.97 Å². The quantitative estimate of drug-likeness (QED) is 0.0857. The van der Waals surface area contributed by atoms with E-state index in [1.165, 1.54) is 0 Å². The maximum Gasteiger partial charge on any atom is 0.130 e. The number of hydrogen-bond donors (Lipinski definition) is 6. The highest BCUT2D eigenvalue weighted by Gasteiger charge is 2.32. The second kappa shape index (κ2) is 27.2. The Labute approximate surface area is 674 Å². The van der Waals surface area contributed by atoms with E-state index in [-0.39, 0.29) is 71.1 Å². The van der Waals surface area contributed by atoms with Gasteiger partial charge in [0.1, 0.15) is 72.4 Å². The second-order valence-electron chi connectivity index (χ2n) is 35.4. The van der Waals surface area contributed by atoms with Crippen LogP contribution in [0.15, 0.2) is 218 Å². The molecule has 4 aliphatic heterocycles. The summed E-state index contributed by atoms with van der Waals surface area (Å²) >= 11 is 0. The summed E-state index contributed by atoms with van der Waals surface area (Å²) in [6.45, 7) is 26.2. The molecular formula is C104H90N4O8. The Morgan fingerprint density at radius 2 is 0.474 bits per heavy atom. The largest absolute Gasteiger partial charge is 0.507 e. The van der Waals surface area contributed by atoms with E-state index in [9.17, 15) is 20.4 Å². The number of benzene rings is 12. The number of fused-ring (bicyclic) bond motifs is 34. The number of nitrogens with zero attached hydrogens (tertiary/aromatic N) is 2. The van der Waals surface area contributed by atoms with Gasteiger partial charge in [-0.1, -0.05) is 204 Å². The molecule has 0 spiro atoms. The molecule has 0 atom stereocenters. The lowest BCUT2D eigenvalue weighted by Crippen LogP contribution is -2.11. The van der Waals surface area contributed by atoms with Crippen LogP contribution in [0.25, 0.3) is 156 Å². The third-order valence-corrected chi connectivity index (χ3v) is 23.6. The summed E-state index contributed by atoms with van der Waals surface area (Å²) in [5.41, 5.74) is 18.0. The number of hydrogen-bond acceptors (Lipinski definition) is 10. The van der Waals surface area contributed by atoms with E-state index in [4.69, 9.17) is 28.9 Å². The Kier molecular flexibility index (Phi) is 17.1. The maximum atomic E-state index is 13.2. The molecule has 116 heavy (non-hydrogen) atoms. The van der Waals surface area contributed by atoms with E-state index in [0.29, 0.717) is 112 Å². The molecule has 0 unspecified atom stereocenters. The molecule has 19 rings (SSSR count). The van der Waals surface area contributed by atoms with E-state index >= 15 is 0 Å². The molecule has 0 saturated carbocycles. The summed E-state index contributed by atoms with van der Waals surface area (Å²) in [6.07, 6.45) is 8.37. The maximum absolute atomic E-state index is 13.2. The Hall–Kier alpha value is -13.3. The number of aromatic hydroxyl groups is 4. The molecule has 7 heterocycles. The van der Waals surface area contributed by atoms with E-state index < -0.39 is 0 Å². The van der Waals surface area contributed by atoms with Crippen molar-refractivity contribution in [3.8, 4) is 113 Å². The number of phenolic OH excluding ortho intramolecular Hbond substituents is 4. The fraction of sp³-hybridized carbons (Fsp3) is 0.192. The summed E-state index contributed by atoms with van der Waals surface area (Å²) in [4.78, 5) is 20.1. The van der Waals surface area contributed by atoms with Crippen LogP contribution < -0.4 is 18.9 Å². The van der Waals surface area contributed by atoms with Gasteiger partial charge < -0.3 is 49.3 Å². The Balaban J connectivity index is 0.980. The van der Waals surface area contributed by atoms with Crippen LogP contribution >= 0.6 is 0 Å². The van der Waals surface area contributed by atoms with Gasteiger partial charge in [-0.2, -0.15) is 0 Å². The van der Waals surface area contributed by atoms with Crippen LogP contribution in [0.5, 0.6) is 46.0 Å². The van der Waals surface area contributed by atoms with Crippen LogP contribution in [0.3, 0.4) is 0 Å². The normalized spacial score (nSPS) is 13.6. The van der Waals surface area contributed by atoms with E-state index in [2.05, 4.69) is 190 Å². The smallest absolute Gasteiger partial charge is 0.130 e. The predicted octanol–water partition coefficient (Wildman–Crippen LogP) is 26.2. The van der Waals surface area contributed by atoms with Gasteiger partial charge in [0.15, 0.2) is 0 Å². The minimum absolute atomic E-state index is 0.0233. The van der Waals surface area contributed by atoms with Gasteiger partial charge in [0.25, 0.3) is 0 Å². The van der Waals surface area contributed by atoms with Crippen molar-refractivity contribution in [3.05, 3.63) is 286 Å². The number of ether oxygens (including phenoxy) is 4. The molecule has 0 saturated heterocycles. The van der Waals surface area contributed by atoms with Crippen LogP contribution in [-0.2, 0) is 48.1 Å². The molecule has 4 aliphatic rings. The average molecular weight is 1520 g/mol. The molecule has 12 aromatic carbocycles. The minimum atomic E-state index is -0.356. The zero-order valence-electron chi connectivity index (χ0n) is 67.2. The van der Waals surface area contributed by atoms with Crippen LogP contribution in [0, 0.1) is 0 Å². The average Bonchev–Trinajstić information content (AvgIpc) is 1.76. The third-order valence-electron chi connectivity index (χ3n) is 23.6. The molecule has 0 aliphatic carbocycles. The second-order valence-corrected chi connectivity index (χ2v) is 35.4. The van der Waals surface area contributed by atoms with E-state index in [1.807, 2.05) is 146 Å². The highest BCUT2D eigenvalue weighted by Crippen LogP contribution is 2.54. The molecular weight excluding hydrogens is 1430 g/mol. The lowest BCUT2D eigenvalue weighted by molar-refractivity contribution is 0.300. The molecule has 15 aromatic rings. The fourth-order valence-corrected chi connectivity index (χ4v) is 17.3. The SMILES string of the molecule is CC(C)(C)c1ccc2c(c1)-c1c3nc(c(c4ccc([nH]4)c4c5nc(c(c6ccc1[nH]6)-c1cc(C(C)(C)C)ccc1OCc1cc6ccccc6c(c1O)-c1c(O)c(cc6ccccc16)COc1ccc(C(C)(C)C)cc1-4)C=C5)-c1cc(C(C)(C)C)ccc1OCc1cc4ccccc4c(c1O)-c1c(O)c(cc4ccccc14)CO2)C=C3. The zero-order valence-corrected chi connectivity index (χ0v) is 67.2. The Morgan fingerprint density at radius 3 is 0.690 bits per heavy atom. The van der Waals surface area contributed by atoms with Crippen molar-refractivity contribution in [1.29, 1.82) is 0 Å². The molecule has 0 radical (unpaired) electrons. The van der Waals surface area contributed by atoms with Crippen molar-refractivity contribution in [1.82, 2.24) is 19.9 Å². The van der Waals surface area contributed by atoms with Crippen molar-refractivity contribution in [2.45, 2.75) is 131 Å². The number of rotatable bonds is 0. The molecule has 3 aromatic heterocycles. The van der Waals surface area contributed by atoms with Crippen LogP contribution in [0.4, 0.5) is 0 Å². The number of nitrogens with one attached hydrogen (secondary N) is 2. The van der Waals surface area contributed by atoms with Gasteiger partial charge >= 0.3 is 0 Å². The van der Waals surface area contributed by atoms with Gasteiger partial charge in [-0.3, -0.25) is 0 Å². The van der Waals surface area contributed by atoms with E-state index in [1.54, 1.807) is 0 Å². The summed E-state index contributed by atoms with van der Waals surface area (Å²) in [5.74, 6) is 2.04. The van der Waals surface area contributed by atoms with Crippen molar-refractivity contribution in [2.24, 2.45) is 0 Å². The van der Waals surface area contributed by atoms with Crippen LogP contribution in [0.1, 0.15) is 150 Å². The molecule has 6 N–H and O–H groups in total.